The fraction of sp³-hybridized carbons (Fsp3) is 0.312. The molecule has 1 fully saturated rings. The normalized spacial score (nSPS) is 23.3. The molecule has 2 N–H and O–H groups in total. The molecule has 0 spiro atoms. The second-order valence-corrected chi connectivity index (χ2v) is 5.25. The lowest BCUT2D eigenvalue weighted by Crippen LogP contribution is -2.40. The molecule has 0 bridgehead atoms. The Morgan fingerprint density at radius 3 is 2.58 bits per heavy atom. The number of nitrogens with zero attached hydrogens (tertiary/aromatic N) is 1. The molecule has 1 aliphatic rings. The summed E-state index contributed by atoms with van der Waals surface area (Å²) in [7, 11) is 0. The number of nitrogens with two attached hydrogens (primary N) is 1. The van der Waals surface area contributed by atoms with E-state index < -0.39 is 5.41 Å². The molecule has 0 radical (unpaired) electrons. The molecule has 1 heterocycles. The molecule has 3 nitrogen and oxygen atoms in total. The molecule has 2 aromatic rings. The Labute approximate surface area is 113 Å². The lowest BCUT2D eigenvalue weighted by atomic mass is 9.76. The lowest BCUT2D eigenvalue weighted by molar-refractivity contribution is -0.132. The van der Waals surface area contributed by atoms with Crippen LogP contribution in [0.15, 0.2) is 42.5 Å². The van der Waals surface area contributed by atoms with Crippen LogP contribution >= 0.6 is 0 Å². The van der Waals surface area contributed by atoms with Gasteiger partial charge in [-0.2, -0.15) is 0 Å². The van der Waals surface area contributed by atoms with Gasteiger partial charge in [0.05, 0.1) is 5.41 Å². The Hall–Kier alpha value is -1.87. The van der Waals surface area contributed by atoms with Crippen LogP contribution in [-0.2, 0) is 10.2 Å². The fourth-order valence-corrected chi connectivity index (χ4v) is 3.08. The van der Waals surface area contributed by atoms with E-state index in [0.717, 1.165) is 18.4 Å². The predicted octanol–water partition coefficient (Wildman–Crippen LogP) is 2.59. The van der Waals surface area contributed by atoms with Gasteiger partial charge in [-0.05, 0) is 29.2 Å². The maximum atomic E-state index is 12.4. The Kier molecular flexibility index (Phi) is 2.79. The topological polar surface area (TPSA) is 46.3 Å². The molecule has 98 valence electrons. The van der Waals surface area contributed by atoms with Crippen molar-refractivity contribution < 1.29 is 4.79 Å². The fourth-order valence-electron chi connectivity index (χ4n) is 3.08. The van der Waals surface area contributed by atoms with Crippen LogP contribution in [0.2, 0.25) is 0 Å². The van der Waals surface area contributed by atoms with Gasteiger partial charge in [-0.3, -0.25) is 9.80 Å². The zero-order valence-electron chi connectivity index (χ0n) is 11.1. The van der Waals surface area contributed by atoms with Gasteiger partial charge >= 0.3 is 0 Å². The van der Waals surface area contributed by atoms with Crippen LogP contribution in [0.1, 0.15) is 25.3 Å². The number of carbonyl (C=O) groups excluding carboxylic acids is 1. The van der Waals surface area contributed by atoms with Gasteiger partial charge in [-0.15, -0.1) is 0 Å². The van der Waals surface area contributed by atoms with Gasteiger partial charge in [-0.1, -0.05) is 49.4 Å². The third kappa shape index (κ3) is 1.73. The van der Waals surface area contributed by atoms with E-state index in [0.29, 0.717) is 6.54 Å². The number of amides is 1. The summed E-state index contributed by atoms with van der Waals surface area (Å²) in [5, 5.41) is 3.74. The molecule has 2 aromatic carbocycles. The van der Waals surface area contributed by atoms with Crippen molar-refractivity contribution in [2.75, 3.05) is 6.54 Å². The number of fused-ring (bicyclic) bond motifs is 1. The molecule has 3 rings (SSSR count). The van der Waals surface area contributed by atoms with Crippen LogP contribution in [0.3, 0.4) is 0 Å². The average Bonchev–Trinajstić information content (AvgIpc) is 2.75. The summed E-state index contributed by atoms with van der Waals surface area (Å²) >= 11 is 0. The molecule has 3 heteroatoms. The van der Waals surface area contributed by atoms with Crippen LogP contribution < -0.4 is 5.84 Å². The third-order valence-electron chi connectivity index (χ3n) is 4.36. The first-order valence-electron chi connectivity index (χ1n) is 6.73. The summed E-state index contributed by atoms with van der Waals surface area (Å²) in [5.41, 5.74) is 0.658. The van der Waals surface area contributed by atoms with Gasteiger partial charge < -0.3 is 0 Å². The van der Waals surface area contributed by atoms with Crippen LogP contribution in [0.5, 0.6) is 0 Å². The summed E-state index contributed by atoms with van der Waals surface area (Å²) < 4.78 is 0. The highest BCUT2D eigenvalue weighted by atomic mass is 16.2. The minimum absolute atomic E-state index is 0.0466. The zero-order chi connectivity index (χ0) is 13.5. The Morgan fingerprint density at radius 1 is 1.21 bits per heavy atom. The maximum absolute atomic E-state index is 12.4. The van der Waals surface area contributed by atoms with Gasteiger partial charge in [0.25, 0.3) is 0 Å². The number of benzene rings is 2. The maximum Gasteiger partial charge on any atom is 0.247 e. The summed E-state index contributed by atoms with van der Waals surface area (Å²) in [6.45, 7) is 2.70. The van der Waals surface area contributed by atoms with E-state index >= 15 is 0 Å². The highest BCUT2D eigenvalue weighted by Crippen LogP contribution is 2.38. The van der Waals surface area contributed by atoms with Crippen molar-refractivity contribution in [3.63, 3.8) is 0 Å². The number of hydrogen-bond acceptors (Lipinski definition) is 2. The average molecular weight is 254 g/mol. The van der Waals surface area contributed by atoms with E-state index in [2.05, 4.69) is 37.3 Å². The third-order valence-corrected chi connectivity index (χ3v) is 4.36. The van der Waals surface area contributed by atoms with Crippen LogP contribution in [0.25, 0.3) is 10.8 Å². The van der Waals surface area contributed by atoms with Crippen molar-refractivity contribution >= 4 is 16.7 Å². The van der Waals surface area contributed by atoms with Gasteiger partial charge in [0.2, 0.25) is 5.91 Å². The second-order valence-electron chi connectivity index (χ2n) is 5.25. The molecule has 1 amide bonds. The van der Waals surface area contributed by atoms with Crippen LogP contribution in [-0.4, -0.2) is 17.5 Å². The first kappa shape index (κ1) is 12.2. The summed E-state index contributed by atoms with van der Waals surface area (Å²) in [4.78, 5) is 12.4. The van der Waals surface area contributed by atoms with Gasteiger partial charge in [0.1, 0.15) is 0 Å². The summed E-state index contributed by atoms with van der Waals surface area (Å²) in [5.74, 6) is 5.81. The number of carbonyl (C=O) groups is 1. The highest BCUT2D eigenvalue weighted by molar-refractivity contribution is 5.92. The molecule has 1 aliphatic heterocycles. The van der Waals surface area contributed by atoms with Gasteiger partial charge in [-0.25, -0.2) is 5.84 Å². The molecule has 19 heavy (non-hydrogen) atoms. The first-order valence-corrected chi connectivity index (χ1v) is 6.73. The van der Waals surface area contributed by atoms with Crippen molar-refractivity contribution in [1.29, 1.82) is 0 Å². The van der Waals surface area contributed by atoms with Crippen molar-refractivity contribution in [1.82, 2.24) is 5.01 Å². The number of hydrazine groups is 1. The molecule has 0 saturated carbocycles. The van der Waals surface area contributed by atoms with Crippen molar-refractivity contribution in [2.45, 2.75) is 25.2 Å². The number of rotatable bonds is 2. The van der Waals surface area contributed by atoms with Crippen molar-refractivity contribution in [3.8, 4) is 0 Å². The largest absolute Gasteiger partial charge is 0.280 e. The lowest BCUT2D eigenvalue weighted by Gasteiger charge is -2.26. The van der Waals surface area contributed by atoms with E-state index in [-0.39, 0.29) is 5.91 Å². The first-order chi connectivity index (χ1) is 9.17. The smallest absolute Gasteiger partial charge is 0.247 e. The Balaban J connectivity index is 2.14. The Morgan fingerprint density at radius 2 is 1.95 bits per heavy atom. The molecular weight excluding hydrogens is 236 g/mol. The van der Waals surface area contributed by atoms with E-state index in [9.17, 15) is 4.79 Å². The van der Waals surface area contributed by atoms with E-state index in [4.69, 9.17) is 5.84 Å². The second kappa shape index (κ2) is 4.35. The van der Waals surface area contributed by atoms with Gasteiger partial charge in [0.15, 0.2) is 0 Å². The van der Waals surface area contributed by atoms with Crippen LogP contribution in [0.4, 0.5) is 0 Å². The minimum atomic E-state index is -0.432. The standard InChI is InChI=1S/C16H18N2O/c1-2-16(9-10-18(17)15(16)19)14-8-7-12-5-3-4-6-13(12)11-14/h3-8,11H,2,9-10,17H2,1H3/t16-/m0/s1. The minimum Gasteiger partial charge on any atom is -0.280 e. The molecule has 0 aromatic heterocycles. The summed E-state index contributed by atoms with van der Waals surface area (Å²) in [6.07, 6.45) is 1.59. The molecule has 0 aliphatic carbocycles. The van der Waals surface area contributed by atoms with Crippen molar-refractivity contribution in [2.24, 2.45) is 5.84 Å². The molecule has 1 atom stereocenters. The predicted molar refractivity (Wildman–Crippen MR) is 76.4 cm³/mol. The van der Waals surface area contributed by atoms with Crippen molar-refractivity contribution in [3.05, 3.63) is 48.0 Å². The van der Waals surface area contributed by atoms with E-state index in [1.807, 2.05) is 12.1 Å². The molecule has 1 saturated heterocycles. The van der Waals surface area contributed by atoms with Gasteiger partial charge in [0, 0.05) is 6.54 Å². The SMILES string of the molecule is CC[C@@]1(c2ccc3ccccc3c2)CCN(N)C1=O. The Bertz CT molecular complexity index is 637. The van der Waals surface area contributed by atoms with E-state index in [1.54, 1.807) is 0 Å². The monoisotopic (exact) mass is 254 g/mol. The molecular formula is C16H18N2O. The highest BCUT2D eigenvalue weighted by Gasteiger charge is 2.45. The van der Waals surface area contributed by atoms with Crippen LogP contribution in [0, 0.1) is 0 Å². The summed E-state index contributed by atoms with van der Waals surface area (Å²) in [6, 6.07) is 14.5. The van der Waals surface area contributed by atoms with E-state index in [1.165, 1.54) is 15.8 Å². The zero-order valence-corrected chi connectivity index (χ0v) is 11.1. The number of hydrogen-bond donors (Lipinski definition) is 1. The molecule has 0 unspecified atom stereocenters. The quantitative estimate of drug-likeness (QED) is 0.661.